The molecule has 2 aliphatic rings. The Morgan fingerprint density at radius 1 is 0.418 bits per heavy atom. The first kappa shape index (κ1) is 61.6. The fourth-order valence-electron chi connectivity index (χ4n) is 8.87. The summed E-state index contributed by atoms with van der Waals surface area (Å²) in [5.74, 6) is -0.909. The highest BCUT2D eigenvalue weighted by Gasteiger charge is 2.47. The van der Waals surface area contributed by atoms with Crippen molar-refractivity contribution in [1.82, 2.24) is 0 Å². The molecule has 2 saturated heterocycles. The summed E-state index contributed by atoms with van der Waals surface area (Å²) in [7, 11) is 0. The lowest BCUT2D eigenvalue weighted by atomic mass is 9.98. The Hall–Kier alpha value is -1.50. The Kier molecular flexibility index (Phi) is 36.9. The van der Waals surface area contributed by atoms with Crippen molar-refractivity contribution in [3.8, 4) is 0 Å². The maximum absolute atomic E-state index is 13.0. The smallest absolute Gasteiger partial charge is 0.306 e. The first-order valence-electron chi connectivity index (χ1n) is 27.1. The highest BCUT2D eigenvalue weighted by atomic mass is 16.7. The van der Waals surface area contributed by atoms with Crippen molar-refractivity contribution in [2.75, 3.05) is 26.4 Å². The lowest BCUT2D eigenvalue weighted by Gasteiger charge is -2.42. The maximum atomic E-state index is 13.0. The van der Waals surface area contributed by atoms with Gasteiger partial charge in [-0.1, -0.05) is 200 Å². The van der Waals surface area contributed by atoms with Crippen LogP contribution in [0.4, 0.5) is 0 Å². The normalized spacial score (nSPS) is 25.9. The van der Waals surface area contributed by atoms with Crippen LogP contribution in [0.5, 0.6) is 0 Å². The van der Waals surface area contributed by atoms with E-state index in [4.69, 9.17) is 28.4 Å². The van der Waals surface area contributed by atoms with Gasteiger partial charge in [0, 0.05) is 12.8 Å². The van der Waals surface area contributed by atoms with Gasteiger partial charge in [-0.05, 0) is 12.8 Å². The molecule has 7 N–H and O–H groups in total. The van der Waals surface area contributed by atoms with Crippen LogP contribution in [0.3, 0.4) is 0 Å². The molecule has 15 nitrogen and oxygen atoms in total. The first-order chi connectivity index (χ1) is 32.5. The zero-order valence-electron chi connectivity index (χ0n) is 41.9. The highest BCUT2D eigenvalue weighted by Crippen LogP contribution is 2.27. The molecule has 0 aromatic carbocycles. The zero-order valence-corrected chi connectivity index (χ0v) is 41.9. The van der Waals surface area contributed by atoms with Gasteiger partial charge in [-0.3, -0.25) is 9.59 Å². The van der Waals surface area contributed by atoms with Crippen LogP contribution < -0.4 is 0 Å². The van der Waals surface area contributed by atoms with Crippen LogP contribution in [0.25, 0.3) is 0 Å². The number of esters is 2. The van der Waals surface area contributed by atoms with Gasteiger partial charge in [0.1, 0.15) is 55.4 Å². The summed E-state index contributed by atoms with van der Waals surface area (Å²) in [5.41, 5.74) is 0. The highest BCUT2D eigenvalue weighted by molar-refractivity contribution is 5.70. The molecule has 0 radical (unpaired) electrons. The molecule has 0 amide bonds. The lowest BCUT2D eigenvalue weighted by molar-refractivity contribution is -0.332. The number of ether oxygens (including phenoxy) is 6. The Balaban J connectivity index is 1.75. The van der Waals surface area contributed by atoms with E-state index in [1.807, 2.05) is 0 Å². The Morgan fingerprint density at radius 3 is 1.16 bits per heavy atom. The van der Waals surface area contributed by atoms with E-state index in [9.17, 15) is 45.3 Å². The minimum absolute atomic E-state index is 0.174. The number of hydrogen-bond acceptors (Lipinski definition) is 15. The van der Waals surface area contributed by atoms with E-state index in [0.29, 0.717) is 12.8 Å². The number of unbranched alkanes of at least 4 members (excludes halogenated alkanes) is 29. The predicted molar refractivity (Wildman–Crippen MR) is 257 cm³/mol. The summed E-state index contributed by atoms with van der Waals surface area (Å²) in [6.07, 6.45) is 21.4. The standard InChI is InChI=1S/C52H98O15/c1-3-5-7-9-11-13-15-16-17-18-19-20-21-22-23-25-27-29-31-33-35-44(55)65-40(37-62-43(54)34-32-30-28-26-24-14-12-10-8-6-4-2)38-63-51-50(61)48(59)46(57)42(67-51)39-64-52-49(60)47(58)45(56)41(36-53)66-52/h40-42,45-53,56-61H,3-39H2,1-2H3. The van der Waals surface area contributed by atoms with Gasteiger partial charge in [0.25, 0.3) is 0 Å². The van der Waals surface area contributed by atoms with Gasteiger partial charge >= 0.3 is 11.9 Å². The number of carbonyl (C=O) groups is 2. The quantitative estimate of drug-likeness (QED) is 0.0227. The molecule has 67 heavy (non-hydrogen) atoms. The summed E-state index contributed by atoms with van der Waals surface area (Å²) in [4.78, 5) is 25.7. The molecule has 0 aromatic heterocycles. The molecule has 11 unspecified atom stereocenters. The molecule has 0 saturated carbocycles. The molecule has 0 aliphatic carbocycles. The van der Waals surface area contributed by atoms with Gasteiger partial charge in [-0.15, -0.1) is 0 Å². The van der Waals surface area contributed by atoms with E-state index in [1.54, 1.807) is 0 Å². The topological polar surface area (TPSA) is 231 Å². The van der Waals surface area contributed by atoms with E-state index in [0.717, 1.165) is 38.5 Å². The molecule has 15 heteroatoms. The van der Waals surface area contributed by atoms with Crippen molar-refractivity contribution in [2.45, 2.75) is 293 Å². The minimum atomic E-state index is -1.76. The van der Waals surface area contributed by atoms with Crippen LogP contribution in [0, 0.1) is 0 Å². The summed E-state index contributed by atoms with van der Waals surface area (Å²) >= 11 is 0. The van der Waals surface area contributed by atoms with Crippen molar-refractivity contribution < 1.29 is 73.8 Å². The average molecular weight is 963 g/mol. The van der Waals surface area contributed by atoms with Gasteiger partial charge in [-0.2, -0.15) is 0 Å². The molecule has 396 valence electrons. The SMILES string of the molecule is CCCCCCCCCCCCCCCCCCCCCCC(=O)OC(COC(=O)CCCCCCCCCCCCC)COC1OC(COC2OC(CO)C(O)C(O)C2O)C(O)C(O)C1O. The number of hydrogen-bond donors (Lipinski definition) is 7. The third-order valence-corrected chi connectivity index (χ3v) is 13.3. The van der Waals surface area contributed by atoms with Crippen LogP contribution in [-0.4, -0.2) is 142 Å². The zero-order chi connectivity index (χ0) is 48.9. The van der Waals surface area contributed by atoms with Gasteiger partial charge in [0.15, 0.2) is 18.7 Å². The van der Waals surface area contributed by atoms with Crippen molar-refractivity contribution in [2.24, 2.45) is 0 Å². The summed E-state index contributed by atoms with van der Waals surface area (Å²) in [6.45, 7) is 2.62. The van der Waals surface area contributed by atoms with E-state index < -0.39 is 92.7 Å². The number of aliphatic hydroxyl groups excluding tert-OH is 7. The van der Waals surface area contributed by atoms with E-state index in [-0.39, 0.29) is 26.1 Å². The maximum Gasteiger partial charge on any atom is 0.306 e. The monoisotopic (exact) mass is 963 g/mol. The lowest BCUT2D eigenvalue weighted by Crippen LogP contribution is -2.61. The van der Waals surface area contributed by atoms with Crippen molar-refractivity contribution in [1.29, 1.82) is 0 Å². The molecular weight excluding hydrogens is 865 g/mol. The Labute approximate surface area is 404 Å². The van der Waals surface area contributed by atoms with Gasteiger partial charge in [0.05, 0.1) is 19.8 Å². The molecule has 0 aromatic rings. The molecule has 2 aliphatic heterocycles. The van der Waals surface area contributed by atoms with Crippen molar-refractivity contribution in [3.05, 3.63) is 0 Å². The largest absolute Gasteiger partial charge is 0.462 e. The third-order valence-electron chi connectivity index (χ3n) is 13.3. The summed E-state index contributed by atoms with van der Waals surface area (Å²) < 4.78 is 33.6. The second-order valence-corrected chi connectivity index (χ2v) is 19.4. The number of rotatable bonds is 43. The van der Waals surface area contributed by atoms with Crippen LogP contribution in [-0.2, 0) is 38.0 Å². The van der Waals surface area contributed by atoms with Gasteiger partial charge in [-0.25, -0.2) is 0 Å². The van der Waals surface area contributed by atoms with Crippen LogP contribution >= 0.6 is 0 Å². The molecule has 2 fully saturated rings. The number of carbonyl (C=O) groups excluding carboxylic acids is 2. The van der Waals surface area contributed by atoms with E-state index in [2.05, 4.69) is 13.8 Å². The molecule has 0 bridgehead atoms. The van der Waals surface area contributed by atoms with Gasteiger partial charge < -0.3 is 64.2 Å². The summed E-state index contributed by atoms with van der Waals surface area (Å²) in [6, 6.07) is 0. The molecule has 2 heterocycles. The molecule has 0 spiro atoms. The minimum Gasteiger partial charge on any atom is -0.462 e. The average Bonchev–Trinajstić information content (AvgIpc) is 3.32. The summed E-state index contributed by atoms with van der Waals surface area (Å²) in [5, 5.41) is 72.1. The second-order valence-electron chi connectivity index (χ2n) is 19.4. The van der Waals surface area contributed by atoms with Crippen LogP contribution in [0.1, 0.15) is 226 Å². The fourth-order valence-corrected chi connectivity index (χ4v) is 8.87. The van der Waals surface area contributed by atoms with Gasteiger partial charge in [0.2, 0.25) is 0 Å². The Morgan fingerprint density at radius 2 is 0.761 bits per heavy atom. The fraction of sp³-hybridized carbons (Fsp3) is 0.962. The van der Waals surface area contributed by atoms with Crippen LogP contribution in [0.2, 0.25) is 0 Å². The Bertz CT molecular complexity index is 1180. The van der Waals surface area contributed by atoms with E-state index in [1.165, 1.54) is 148 Å². The second kappa shape index (κ2) is 40.1. The molecule has 2 rings (SSSR count). The predicted octanol–water partition coefficient (Wildman–Crippen LogP) is 8.00. The van der Waals surface area contributed by atoms with Crippen molar-refractivity contribution in [3.63, 3.8) is 0 Å². The first-order valence-corrected chi connectivity index (χ1v) is 27.1. The molecule has 11 atom stereocenters. The van der Waals surface area contributed by atoms with Crippen LogP contribution in [0.15, 0.2) is 0 Å². The van der Waals surface area contributed by atoms with Crippen molar-refractivity contribution >= 4 is 11.9 Å². The van der Waals surface area contributed by atoms with E-state index >= 15 is 0 Å². The third kappa shape index (κ3) is 28.2. The number of aliphatic hydroxyl groups is 7. The molecular formula is C52H98O15.